The first-order valence-electron chi connectivity index (χ1n) is 5.73. The van der Waals surface area contributed by atoms with Gasteiger partial charge in [0.1, 0.15) is 6.04 Å². The molecule has 0 aliphatic rings. The lowest BCUT2D eigenvalue weighted by molar-refractivity contribution is -0.139. The Morgan fingerprint density at radius 1 is 1.48 bits per heavy atom. The van der Waals surface area contributed by atoms with Crippen LogP contribution in [0.3, 0.4) is 0 Å². The maximum atomic E-state index is 11.9. The van der Waals surface area contributed by atoms with Crippen LogP contribution in [0.5, 0.6) is 0 Å². The van der Waals surface area contributed by atoms with Gasteiger partial charge in [0.05, 0.1) is 6.33 Å². The van der Waals surface area contributed by atoms with E-state index < -0.39 is 23.6 Å². The number of thioether (sulfide) groups is 1. The molecule has 0 saturated heterocycles. The normalized spacial score (nSPS) is 12.7. The van der Waals surface area contributed by atoms with Gasteiger partial charge in [-0.25, -0.2) is 14.6 Å². The number of aromatic nitrogens is 2. The number of nitrogens with one attached hydrogen (secondary N) is 3. The fourth-order valence-corrected chi connectivity index (χ4v) is 1.79. The van der Waals surface area contributed by atoms with Gasteiger partial charge in [-0.1, -0.05) is 0 Å². The van der Waals surface area contributed by atoms with Gasteiger partial charge in [-0.2, -0.15) is 13.2 Å². The van der Waals surface area contributed by atoms with Gasteiger partial charge >= 0.3 is 17.5 Å². The van der Waals surface area contributed by atoms with Crippen LogP contribution < -0.4 is 10.6 Å². The molecular weight excluding hydrogens is 313 g/mol. The highest BCUT2D eigenvalue weighted by Crippen LogP contribution is 2.29. The maximum Gasteiger partial charge on any atom is 0.441 e. The topological polar surface area (TPSA) is 107 Å². The monoisotopic (exact) mass is 326 g/mol. The van der Waals surface area contributed by atoms with Crippen molar-refractivity contribution in [3.63, 3.8) is 0 Å². The van der Waals surface area contributed by atoms with Gasteiger partial charge in [0, 0.05) is 30.6 Å². The van der Waals surface area contributed by atoms with Crippen LogP contribution in [0.2, 0.25) is 0 Å². The van der Waals surface area contributed by atoms with Crippen LogP contribution in [0.25, 0.3) is 0 Å². The zero-order chi connectivity index (χ0) is 15.9. The van der Waals surface area contributed by atoms with E-state index in [1.807, 2.05) is 0 Å². The number of aliphatic carboxylic acids is 1. The van der Waals surface area contributed by atoms with E-state index in [1.54, 1.807) is 0 Å². The van der Waals surface area contributed by atoms with Crippen molar-refractivity contribution in [1.29, 1.82) is 0 Å². The standard InChI is InChI=1S/C10H13F3N4O3S/c11-10(12,13)21-2-1-15-9(20)17-7(8(18)19)3-6-4-14-5-16-6/h4-5,7H,1-3H2,(H,14,16)(H,18,19)(H2,15,17,20)/t7-/m0/s1. The molecule has 7 nitrogen and oxygen atoms in total. The SMILES string of the molecule is O=C(NCCSC(F)(F)F)N[C@@H](Cc1cnc[nH]1)C(=O)O. The van der Waals surface area contributed by atoms with Crippen molar-refractivity contribution in [2.75, 3.05) is 12.3 Å². The summed E-state index contributed by atoms with van der Waals surface area (Å²) < 4.78 is 35.6. The van der Waals surface area contributed by atoms with Crippen LogP contribution in [-0.2, 0) is 11.2 Å². The minimum absolute atomic E-state index is 0.0138. The highest BCUT2D eigenvalue weighted by Gasteiger charge is 2.27. The molecule has 0 radical (unpaired) electrons. The molecule has 0 spiro atoms. The van der Waals surface area contributed by atoms with Gasteiger partial charge in [0.15, 0.2) is 0 Å². The first kappa shape index (κ1) is 17.1. The average Bonchev–Trinajstić information content (AvgIpc) is 2.85. The van der Waals surface area contributed by atoms with Crippen molar-refractivity contribution in [3.8, 4) is 0 Å². The Labute approximate surface area is 121 Å². The number of carboxylic acids is 1. The van der Waals surface area contributed by atoms with Crippen molar-refractivity contribution in [2.45, 2.75) is 18.0 Å². The third-order valence-corrected chi connectivity index (χ3v) is 2.97. The van der Waals surface area contributed by atoms with Crippen LogP contribution in [-0.4, -0.2) is 50.9 Å². The minimum Gasteiger partial charge on any atom is -0.480 e. The molecule has 0 aliphatic carbocycles. The first-order chi connectivity index (χ1) is 9.78. The number of imidazole rings is 1. The first-order valence-corrected chi connectivity index (χ1v) is 6.71. The third-order valence-electron chi connectivity index (χ3n) is 2.24. The second kappa shape index (κ2) is 7.76. The molecule has 2 amide bonds. The summed E-state index contributed by atoms with van der Waals surface area (Å²) >= 11 is -0.268. The van der Waals surface area contributed by atoms with Crippen LogP contribution in [0.4, 0.5) is 18.0 Å². The molecule has 1 rings (SSSR count). The van der Waals surface area contributed by atoms with Crippen LogP contribution in [0.1, 0.15) is 5.69 Å². The van der Waals surface area contributed by atoms with Crippen molar-refractivity contribution in [1.82, 2.24) is 20.6 Å². The number of carbonyl (C=O) groups is 2. The van der Waals surface area contributed by atoms with Crippen molar-refractivity contribution >= 4 is 23.8 Å². The molecule has 118 valence electrons. The second-order valence-corrected chi connectivity index (χ2v) is 5.03. The van der Waals surface area contributed by atoms with Gasteiger partial charge < -0.3 is 20.7 Å². The Morgan fingerprint density at radius 3 is 2.71 bits per heavy atom. The highest BCUT2D eigenvalue weighted by atomic mass is 32.2. The van der Waals surface area contributed by atoms with E-state index in [0.717, 1.165) is 0 Å². The van der Waals surface area contributed by atoms with E-state index in [4.69, 9.17) is 5.11 Å². The van der Waals surface area contributed by atoms with Gasteiger partial charge in [-0.05, 0) is 11.8 Å². The number of H-pyrrole nitrogens is 1. The molecule has 11 heteroatoms. The number of amides is 2. The number of halogens is 3. The fraction of sp³-hybridized carbons (Fsp3) is 0.500. The van der Waals surface area contributed by atoms with E-state index >= 15 is 0 Å². The minimum atomic E-state index is -4.36. The van der Waals surface area contributed by atoms with E-state index in [9.17, 15) is 22.8 Å². The number of urea groups is 1. The summed E-state index contributed by atoms with van der Waals surface area (Å²) in [5, 5.41) is 13.3. The number of alkyl halides is 3. The summed E-state index contributed by atoms with van der Waals surface area (Å²) in [5.74, 6) is -1.61. The zero-order valence-corrected chi connectivity index (χ0v) is 11.4. The zero-order valence-electron chi connectivity index (χ0n) is 10.6. The van der Waals surface area contributed by atoms with Crippen LogP contribution in [0.15, 0.2) is 12.5 Å². The molecule has 0 aromatic carbocycles. The molecule has 0 bridgehead atoms. The van der Waals surface area contributed by atoms with E-state index in [1.165, 1.54) is 12.5 Å². The molecule has 4 N–H and O–H groups in total. The molecule has 21 heavy (non-hydrogen) atoms. The lowest BCUT2D eigenvalue weighted by Gasteiger charge is -2.14. The van der Waals surface area contributed by atoms with Crippen molar-refractivity contribution in [2.24, 2.45) is 0 Å². The van der Waals surface area contributed by atoms with Gasteiger partial charge in [0.2, 0.25) is 0 Å². The summed E-state index contributed by atoms with van der Waals surface area (Å²) in [7, 11) is 0. The largest absolute Gasteiger partial charge is 0.480 e. The molecule has 1 aromatic rings. The molecular formula is C10H13F3N4O3S. The Balaban J connectivity index is 2.34. The number of carbonyl (C=O) groups excluding carboxylic acids is 1. The van der Waals surface area contributed by atoms with Crippen molar-refractivity contribution in [3.05, 3.63) is 18.2 Å². The molecule has 1 atom stereocenters. The number of hydrogen-bond donors (Lipinski definition) is 4. The van der Waals surface area contributed by atoms with Gasteiger partial charge in [-0.15, -0.1) is 0 Å². The Morgan fingerprint density at radius 2 is 2.19 bits per heavy atom. The number of aromatic amines is 1. The molecule has 1 aromatic heterocycles. The lowest BCUT2D eigenvalue weighted by atomic mass is 10.2. The summed E-state index contributed by atoms with van der Waals surface area (Å²) in [5.41, 5.74) is -3.85. The van der Waals surface area contributed by atoms with Gasteiger partial charge in [-0.3, -0.25) is 0 Å². The average molecular weight is 326 g/mol. The third kappa shape index (κ3) is 7.44. The number of carboxylic acid groups (broad SMARTS) is 1. The van der Waals surface area contributed by atoms with Gasteiger partial charge in [0.25, 0.3) is 0 Å². The Kier molecular flexibility index (Phi) is 6.34. The molecule has 1 heterocycles. The van der Waals surface area contributed by atoms with Crippen molar-refractivity contribution < 1.29 is 27.9 Å². The predicted octanol–water partition coefficient (Wildman–Crippen LogP) is 0.958. The smallest absolute Gasteiger partial charge is 0.441 e. The van der Waals surface area contributed by atoms with E-state index in [-0.39, 0.29) is 30.5 Å². The second-order valence-electron chi connectivity index (χ2n) is 3.87. The van der Waals surface area contributed by atoms with Crippen LogP contribution in [0, 0.1) is 0 Å². The molecule has 0 fully saturated rings. The predicted molar refractivity (Wildman–Crippen MR) is 68.8 cm³/mol. The molecule has 0 saturated carbocycles. The lowest BCUT2D eigenvalue weighted by Crippen LogP contribution is -2.47. The summed E-state index contributed by atoms with van der Waals surface area (Å²) in [6, 6.07) is -2.05. The maximum absolute atomic E-state index is 11.9. The van der Waals surface area contributed by atoms with E-state index in [2.05, 4.69) is 20.6 Å². The van der Waals surface area contributed by atoms with Crippen LogP contribution >= 0.6 is 11.8 Å². The summed E-state index contributed by atoms with van der Waals surface area (Å²) in [4.78, 5) is 28.8. The number of rotatable bonds is 7. The Hall–Kier alpha value is -1.91. The molecule has 0 unspecified atom stereocenters. The summed E-state index contributed by atoms with van der Waals surface area (Å²) in [6.07, 6.45) is 2.76. The highest BCUT2D eigenvalue weighted by molar-refractivity contribution is 8.00. The fourth-order valence-electron chi connectivity index (χ4n) is 1.36. The quantitative estimate of drug-likeness (QED) is 0.558. The van der Waals surface area contributed by atoms with E-state index in [0.29, 0.717) is 5.69 Å². The molecule has 0 aliphatic heterocycles. The summed E-state index contributed by atoms with van der Waals surface area (Å²) in [6.45, 7) is -0.230. The number of hydrogen-bond acceptors (Lipinski definition) is 4. The number of nitrogens with zero attached hydrogens (tertiary/aromatic N) is 1. The Bertz CT molecular complexity index is 467.